The van der Waals surface area contributed by atoms with E-state index in [1.165, 1.54) is 23.1 Å². The van der Waals surface area contributed by atoms with Crippen molar-refractivity contribution in [2.75, 3.05) is 6.61 Å². The summed E-state index contributed by atoms with van der Waals surface area (Å²) in [4.78, 5) is 35.0. The first kappa shape index (κ1) is 18.2. The fourth-order valence-electron chi connectivity index (χ4n) is 2.45. The molecule has 0 aromatic carbocycles. The van der Waals surface area contributed by atoms with Crippen molar-refractivity contribution in [1.29, 1.82) is 0 Å². The number of nitrogens with zero attached hydrogens (tertiary/aromatic N) is 1. The zero-order valence-corrected chi connectivity index (χ0v) is 16.8. The summed E-state index contributed by atoms with van der Waals surface area (Å²) < 4.78 is 4.26. The normalized spacial score (nSPS) is 11.8. The molecule has 0 radical (unpaired) electrons. The number of fused-ring (bicyclic) bond motifs is 1. The zero-order chi connectivity index (χ0) is 18.2. The Labute approximate surface area is 157 Å². The third-order valence-corrected chi connectivity index (χ3v) is 6.55. The lowest BCUT2D eigenvalue weighted by molar-refractivity contribution is -0.145. The van der Waals surface area contributed by atoms with Gasteiger partial charge in [-0.2, -0.15) is 0 Å². The van der Waals surface area contributed by atoms with Gasteiger partial charge in [0, 0.05) is 15.3 Å². The van der Waals surface area contributed by atoms with Crippen LogP contribution in [0.5, 0.6) is 0 Å². The fourth-order valence-corrected chi connectivity index (χ4v) is 5.35. The molecule has 0 fully saturated rings. The number of hydrogen-bond acceptors (Lipinski definition) is 7. The number of thiophene rings is 2. The van der Waals surface area contributed by atoms with Crippen LogP contribution in [0.3, 0.4) is 0 Å². The van der Waals surface area contributed by atoms with Gasteiger partial charge in [-0.25, -0.2) is 4.98 Å². The molecule has 0 unspecified atom stereocenters. The molecule has 3 rings (SSSR count). The van der Waals surface area contributed by atoms with Gasteiger partial charge >= 0.3 is 5.97 Å². The van der Waals surface area contributed by atoms with Crippen molar-refractivity contribution in [1.82, 2.24) is 9.97 Å². The number of aryl methyl sites for hydroxylation is 1. The molecule has 0 saturated carbocycles. The van der Waals surface area contributed by atoms with E-state index in [-0.39, 0.29) is 11.5 Å². The Bertz CT molecular complexity index is 971. The van der Waals surface area contributed by atoms with Gasteiger partial charge in [-0.05, 0) is 39.1 Å². The van der Waals surface area contributed by atoms with Crippen molar-refractivity contribution in [3.8, 4) is 10.4 Å². The first-order chi connectivity index (χ1) is 11.8. The van der Waals surface area contributed by atoms with Gasteiger partial charge in [0.1, 0.15) is 9.58 Å². The van der Waals surface area contributed by atoms with E-state index in [4.69, 9.17) is 4.74 Å². The average Bonchev–Trinajstić information content (AvgIpc) is 3.13. The number of nitrogens with one attached hydrogen (secondary N) is 1. The molecule has 0 aliphatic heterocycles. The maximum Gasteiger partial charge on any atom is 0.322 e. The number of H-pyrrole nitrogens is 1. The number of aromatic amines is 1. The van der Waals surface area contributed by atoms with Crippen molar-refractivity contribution in [2.45, 2.75) is 37.6 Å². The largest absolute Gasteiger partial charge is 0.465 e. The summed E-state index contributed by atoms with van der Waals surface area (Å²) in [5.41, 5.74) is 0.768. The molecule has 8 heteroatoms. The lowest BCUT2D eigenvalue weighted by Gasteiger charge is -2.20. The van der Waals surface area contributed by atoms with E-state index in [0.29, 0.717) is 22.0 Å². The van der Waals surface area contributed by atoms with Gasteiger partial charge in [-0.3, -0.25) is 9.59 Å². The van der Waals surface area contributed by atoms with Gasteiger partial charge in [0.2, 0.25) is 0 Å². The van der Waals surface area contributed by atoms with Gasteiger partial charge < -0.3 is 9.72 Å². The van der Waals surface area contributed by atoms with Crippen LogP contribution >= 0.6 is 34.4 Å². The monoisotopic (exact) mass is 394 g/mol. The molecule has 0 aliphatic rings. The number of rotatable bonds is 5. The van der Waals surface area contributed by atoms with Crippen molar-refractivity contribution >= 4 is 50.6 Å². The van der Waals surface area contributed by atoms with Gasteiger partial charge in [-0.15, -0.1) is 22.7 Å². The first-order valence-corrected chi connectivity index (χ1v) is 10.3. The Morgan fingerprint density at radius 3 is 2.84 bits per heavy atom. The van der Waals surface area contributed by atoms with Gasteiger partial charge in [-0.1, -0.05) is 17.8 Å². The van der Waals surface area contributed by atoms with Crippen LogP contribution in [0.1, 0.15) is 25.6 Å². The predicted octanol–water partition coefficient (Wildman–Crippen LogP) is 4.46. The molecule has 5 nitrogen and oxygen atoms in total. The minimum Gasteiger partial charge on any atom is -0.465 e. The summed E-state index contributed by atoms with van der Waals surface area (Å²) in [6, 6.07) is 3.97. The molecule has 3 heterocycles. The van der Waals surface area contributed by atoms with E-state index >= 15 is 0 Å². The number of carbonyl (C=O) groups is 1. The molecule has 0 spiro atoms. The highest BCUT2D eigenvalue weighted by atomic mass is 32.2. The summed E-state index contributed by atoms with van der Waals surface area (Å²) >= 11 is 4.30. The molecular weight excluding hydrogens is 376 g/mol. The number of aromatic nitrogens is 2. The highest BCUT2D eigenvalue weighted by Crippen LogP contribution is 2.39. The molecule has 0 atom stereocenters. The van der Waals surface area contributed by atoms with Gasteiger partial charge in [0.05, 0.1) is 12.0 Å². The third kappa shape index (κ3) is 3.51. The number of hydrogen-bond donors (Lipinski definition) is 1. The molecule has 0 aliphatic carbocycles. The van der Waals surface area contributed by atoms with Crippen LogP contribution in [0.15, 0.2) is 27.5 Å². The van der Waals surface area contributed by atoms with Crippen molar-refractivity contribution < 1.29 is 9.53 Å². The second-order valence-electron chi connectivity index (χ2n) is 5.89. The number of carbonyl (C=O) groups excluding carboxylic acids is 1. The highest BCUT2D eigenvalue weighted by molar-refractivity contribution is 8.01. The number of ether oxygens (including phenoxy) is 1. The van der Waals surface area contributed by atoms with Crippen molar-refractivity contribution in [3.05, 3.63) is 32.7 Å². The van der Waals surface area contributed by atoms with Crippen molar-refractivity contribution in [2.24, 2.45) is 0 Å². The maximum atomic E-state index is 12.7. The molecule has 132 valence electrons. The van der Waals surface area contributed by atoms with Crippen LogP contribution in [-0.4, -0.2) is 27.3 Å². The molecule has 0 saturated heterocycles. The van der Waals surface area contributed by atoms with Crippen LogP contribution in [0.2, 0.25) is 0 Å². The van der Waals surface area contributed by atoms with E-state index in [9.17, 15) is 9.59 Å². The molecule has 1 N–H and O–H groups in total. The van der Waals surface area contributed by atoms with Crippen LogP contribution in [-0.2, 0) is 9.53 Å². The second kappa shape index (κ2) is 6.93. The van der Waals surface area contributed by atoms with E-state index in [0.717, 1.165) is 15.3 Å². The summed E-state index contributed by atoms with van der Waals surface area (Å²) in [6.07, 6.45) is 0. The topological polar surface area (TPSA) is 72.0 Å². The van der Waals surface area contributed by atoms with Crippen LogP contribution in [0, 0.1) is 6.92 Å². The SMILES string of the molecule is CCOC(=O)C(C)(C)Sc1nc2sc(C)c(-c3cccs3)c2c(=O)[nH]1. The Hall–Kier alpha value is -1.64. The maximum absolute atomic E-state index is 12.7. The van der Waals surface area contributed by atoms with Gasteiger partial charge in [0.15, 0.2) is 5.16 Å². The van der Waals surface area contributed by atoms with E-state index in [2.05, 4.69) is 9.97 Å². The minimum absolute atomic E-state index is 0.181. The van der Waals surface area contributed by atoms with Crippen LogP contribution < -0.4 is 5.56 Å². The fraction of sp³-hybridized carbons (Fsp3) is 0.353. The smallest absolute Gasteiger partial charge is 0.322 e. The third-order valence-electron chi connectivity index (χ3n) is 3.60. The quantitative estimate of drug-likeness (QED) is 0.393. The molecule has 25 heavy (non-hydrogen) atoms. The Balaban J connectivity index is 2.04. The minimum atomic E-state index is -0.831. The van der Waals surface area contributed by atoms with E-state index < -0.39 is 4.75 Å². The molecule has 0 bridgehead atoms. The molecule has 3 aromatic rings. The van der Waals surface area contributed by atoms with Crippen LogP contribution in [0.25, 0.3) is 20.7 Å². The summed E-state index contributed by atoms with van der Waals surface area (Å²) in [7, 11) is 0. The van der Waals surface area contributed by atoms with E-state index in [1.807, 2.05) is 24.4 Å². The van der Waals surface area contributed by atoms with Gasteiger partial charge in [0.25, 0.3) is 5.56 Å². The second-order valence-corrected chi connectivity index (χ2v) is 9.66. The zero-order valence-electron chi connectivity index (χ0n) is 14.3. The summed E-state index contributed by atoms with van der Waals surface area (Å²) in [5.74, 6) is -0.329. The Morgan fingerprint density at radius 2 is 2.20 bits per heavy atom. The standard InChI is InChI=1S/C17H18N2O3S3/c1-5-22-15(21)17(3,4)25-16-18-13(20)12-11(10-7-6-8-23-10)9(2)24-14(12)19-16/h6-8H,5H2,1-4H3,(H,18,19,20). The summed E-state index contributed by atoms with van der Waals surface area (Å²) in [6.45, 7) is 7.61. The van der Waals surface area contributed by atoms with E-state index in [1.54, 1.807) is 32.1 Å². The molecular formula is C17H18N2O3S3. The van der Waals surface area contributed by atoms with Crippen LogP contribution in [0.4, 0.5) is 0 Å². The number of thioether (sulfide) groups is 1. The highest BCUT2D eigenvalue weighted by Gasteiger charge is 2.32. The summed E-state index contributed by atoms with van der Waals surface area (Å²) in [5, 5.41) is 3.03. The molecule has 0 amide bonds. The Morgan fingerprint density at radius 1 is 1.44 bits per heavy atom. The number of esters is 1. The molecule has 3 aromatic heterocycles. The Kier molecular flexibility index (Phi) is 5.04. The predicted molar refractivity (Wildman–Crippen MR) is 105 cm³/mol. The average molecular weight is 395 g/mol. The first-order valence-electron chi connectivity index (χ1n) is 7.77. The lowest BCUT2D eigenvalue weighted by Crippen LogP contribution is -2.30. The van der Waals surface area contributed by atoms with Crippen molar-refractivity contribution in [3.63, 3.8) is 0 Å². The lowest BCUT2D eigenvalue weighted by atomic mass is 10.1.